The molecule has 0 radical (unpaired) electrons. The van der Waals surface area contributed by atoms with E-state index in [9.17, 15) is 21.6 Å². The summed E-state index contributed by atoms with van der Waals surface area (Å²) < 4.78 is 70.9. The molecule has 136 valence electrons. The molecule has 12 heteroatoms. The molecule has 0 aliphatic rings. The first kappa shape index (κ1) is 18.3. The van der Waals surface area contributed by atoms with Crippen molar-refractivity contribution in [1.82, 2.24) is 19.7 Å². The average molecular weight is 405 g/mol. The second-order valence-electron chi connectivity index (χ2n) is 5.01. The minimum Gasteiger partial charge on any atom is -0.281 e. The Balaban J connectivity index is 2.16. The molecule has 0 aliphatic carbocycles. The third-order valence-electron chi connectivity index (χ3n) is 3.19. The van der Waals surface area contributed by atoms with Crippen molar-refractivity contribution in [3.63, 3.8) is 0 Å². The Morgan fingerprint density at radius 1 is 1.08 bits per heavy atom. The number of benzene rings is 1. The van der Waals surface area contributed by atoms with E-state index in [4.69, 9.17) is 16.2 Å². The van der Waals surface area contributed by atoms with Gasteiger partial charge in [0.1, 0.15) is 0 Å². The predicted molar refractivity (Wildman–Crippen MR) is 84.4 cm³/mol. The monoisotopic (exact) mass is 404 g/mol. The van der Waals surface area contributed by atoms with E-state index in [1.165, 1.54) is 24.3 Å². The van der Waals surface area contributed by atoms with Crippen LogP contribution >= 0.6 is 11.6 Å². The fourth-order valence-electron chi connectivity index (χ4n) is 2.05. The Hall–Kier alpha value is -2.50. The van der Waals surface area contributed by atoms with Crippen molar-refractivity contribution in [2.45, 2.75) is 11.2 Å². The van der Waals surface area contributed by atoms with E-state index in [-0.39, 0.29) is 11.5 Å². The summed E-state index contributed by atoms with van der Waals surface area (Å²) in [5, 5.41) is 3.17. The Morgan fingerprint density at radius 3 is 2.23 bits per heavy atom. The second-order valence-corrected chi connectivity index (χ2v) is 6.81. The maximum atomic E-state index is 13.0. The van der Waals surface area contributed by atoms with E-state index in [0.29, 0.717) is 10.6 Å². The van der Waals surface area contributed by atoms with Crippen molar-refractivity contribution >= 4 is 21.7 Å². The fraction of sp³-hybridized carbons (Fsp3) is 0.0714. The molecule has 2 heterocycles. The minimum atomic E-state index is -4.78. The van der Waals surface area contributed by atoms with Gasteiger partial charge in [-0.2, -0.15) is 21.6 Å². The van der Waals surface area contributed by atoms with E-state index < -0.39 is 27.1 Å². The summed E-state index contributed by atoms with van der Waals surface area (Å²) >= 11 is 5.78. The Morgan fingerprint density at radius 2 is 1.73 bits per heavy atom. The van der Waals surface area contributed by atoms with Gasteiger partial charge in [0.2, 0.25) is 0 Å². The number of aromatic nitrogens is 4. The quantitative estimate of drug-likeness (QED) is 0.673. The second kappa shape index (κ2) is 6.34. The highest BCUT2D eigenvalue weighted by Crippen LogP contribution is 2.30. The molecule has 0 unspecified atom stereocenters. The van der Waals surface area contributed by atoms with Crippen LogP contribution in [-0.4, -0.2) is 32.7 Å². The van der Waals surface area contributed by atoms with Gasteiger partial charge in [0.05, 0.1) is 11.9 Å². The van der Waals surface area contributed by atoms with Crippen LogP contribution < -0.4 is 0 Å². The van der Waals surface area contributed by atoms with E-state index in [1.54, 1.807) is 0 Å². The SMILES string of the molecule is O=S(=O)(O)c1ccc(-n2nc(C(F)(F)F)nc2-c2ccc(Cl)cc2)cn1. The standard InChI is InChI=1S/C14H8ClF3N4O3S/c15-9-3-1-8(2-4-9)12-20-13(14(16,17)18)21-22(12)10-5-6-11(19-7-10)26(23,24)25/h1-7H,(H,23,24,25). The highest BCUT2D eigenvalue weighted by molar-refractivity contribution is 7.85. The first-order valence-electron chi connectivity index (χ1n) is 6.80. The molecule has 1 N–H and O–H groups in total. The molecule has 0 atom stereocenters. The molecule has 26 heavy (non-hydrogen) atoms. The van der Waals surface area contributed by atoms with Crippen LogP contribution in [-0.2, 0) is 16.3 Å². The highest BCUT2D eigenvalue weighted by atomic mass is 35.5. The maximum Gasteiger partial charge on any atom is 0.453 e. The molecule has 3 aromatic rings. The lowest BCUT2D eigenvalue weighted by Crippen LogP contribution is -2.09. The van der Waals surface area contributed by atoms with Crippen LogP contribution in [0.25, 0.3) is 17.1 Å². The summed E-state index contributed by atoms with van der Waals surface area (Å²) in [6.07, 6.45) is -3.83. The Kier molecular flexibility index (Phi) is 4.46. The van der Waals surface area contributed by atoms with Crippen LogP contribution in [0.5, 0.6) is 0 Å². The van der Waals surface area contributed by atoms with Crippen molar-refractivity contribution in [1.29, 1.82) is 0 Å². The summed E-state index contributed by atoms with van der Waals surface area (Å²) in [7, 11) is -4.54. The van der Waals surface area contributed by atoms with Crippen molar-refractivity contribution in [2.24, 2.45) is 0 Å². The molecule has 0 spiro atoms. The van der Waals surface area contributed by atoms with Crippen molar-refractivity contribution in [3.8, 4) is 17.1 Å². The average Bonchev–Trinajstić information content (AvgIpc) is 3.00. The van der Waals surface area contributed by atoms with Crippen molar-refractivity contribution in [3.05, 3.63) is 53.4 Å². The van der Waals surface area contributed by atoms with Gasteiger partial charge < -0.3 is 0 Å². The molecule has 3 rings (SSSR count). The van der Waals surface area contributed by atoms with Gasteiger partial charge in [0.15, 0.2) is 10.9 Å². The van der Waals surface area contributed by atoms with Crippen LogP contribution in [0, 0.1) is 0 Å². The third-order valence-corrected chi connectivity index (χ3v) is 4.21. The number of nitrogens with zero attached hydrogens (tertiary/aromatic N) is 4. The lowest BCUT2D eigenvalue weighted by Gasteiger charge is -2.06. The summed E-state index contributed by atoms with van der Waals surface area (Å²) in [5.41, 5.74) is 0.321. The van der Waals surface area contributed by atoms with Gasteiger partial charge in [-0.1, -0.05) is 11.6 Å². The summed E-state index contributed by atoms with van der Waals surface area (Å²) in [6, 6.07) is 7.95. The number of alkyl halides is 3. The fourth-order valence-corrected chi connectivity index (χ4v) is 2.60. The summed E-state index contributed by atoms with van der Waals surface area (Å²) in [6.45, 7) is 0. The third kappa shape index (κ3) is 3.69. The molecular formula is C14H8ClF3N4O3S. The zero-order chi connectivity index (χ0) is 19.1. The molecular weight excluding hydrogens is 397 g/mol. The van der Waals surface area contributed by atoms with E-state index in [1.807, 2.05) is 0 Å². The molecule has 0 aliphatic heterocycles. The van der Waals surface area contributed by atoms with Gasteiger partial charge in [-0.15, -0.1) is 5.10 Å². The molecule has 7 nitrogen and oxygen atoms in total. The number of hydrogen-bond acceptors (Lipinski definition) is 5. The van der Waals surface area contributed by atoms with Crippen LogP contribution in [0.4, 0.5) is 13.2 Å². The van der Waals surface area contributed by atoms with Gasteiger partial charge in [0, 0.05) is 10.6 Å². The number of pyridine rings is 1. The lowest BCUT2D eigenvalue weighted by atomic mass is 10.2. The van der Waals surface area contributed by atoms with Crippen LogP contribution in [0.3, 0.4) is 0 Å². The summed E-state index contributed by atoms with van der Waals surface area (Å²) in [4.78, 5) is 7.04. The molecule has 1 aromatic carbocycles. The largest absolute Gasteiger partial charge is 0.453 e. The van der Waals surface area contributed by atoms with E-state index >= 15 is 0 Å². The molecule has 0 amide bonds. The molecule has 0 saturated heterocycles. The van der Waals surface area contributed by atoms with Crippen molar-refractivity contribution < 1.29 is 26.1 Å². The highest BCUT2D eigenvalue weighted by Gasteiger charge is 2.37. The van der Waals surface area contributed by atoms with Gasteiger partial charge in [-0.05, 0) is 36.4 Å². The van der Waals surface area contributed by atoms with Crippen LogP contribution in [0.1, 0.15) is 5.82 Å². The molecule has 2 aromatic heterocycles. The lowest BCUT2D eigenvalue weighted by molar-refractivity contribution is -0.144. The first-order chi connectivity index (χ1) is 12.1. The molecule has 0 saturated carbocycles. The van der Waals surface area contributed by atoms with Gasteiger partial charge in [0.25, 0.3) is 5.82 Å². The maximum absolute atomic E-state index is 13.0. The first-order valence-corrected chi connectivity index (χ1v) is 8.61. The Labute approximate surface area is 149 Å². The van der Waals surface area contributed by atoms with Crippen molar-refractivity contribution in [2.75, 3.05) is 0 Å². The van der Waals surface area contributed by atoms with Gasteiger partial charge in [-0.25, -0.2) is 14.6 Å². The normalized spacial score (nSPS) is 12.3. The van der Waals surface area contributed by atoms with Crippen LogP contribution in [0.15, 0.2) is 47.6 Å². The van der Waals surface area contributed by atoms with Gasteiger partial charge >= 0.3 is 16.3 Å². The topological polar surface area (TPSA) is 98.0 Å². The Bertz CT molecular complexity index is 1050. The van der Waals surface area contributed by atoms with E-state index in [2.05, 4.69) is 15.1 Å². The molecule has 0 bridgehead atoms. The zero-order valence-corrected chi connectivity index (χ0v) is 14.1. The van der Waals surface area contributed by atoms with Gasteiger partial charge in [-0.3, -0.25) is 4.55 Å². The summed E-state index contributed by atoms with van der Waals surface area (Å²) in [5.74, 6) is -1.52. The molecule has 0 fully saturated rings. The number of halogens is 4. The zero-order valence-electron chi connectivity index (χ0n) is 12.5. The minimum absolute atomic E-state index is 0.0188. The van der Waals surface area contributed by atoms with Crippen LogP contribution in [0.2, 0.25) is 5.02 Å². The number of rotatable bonds is 3. The predicted octanol–water partition coefficient (Wildman–Crippen LogP) is 3.25. The smallest absolute Gasteiger partial charge is 0.281 e. The van der Waals surface area contributed by atoms with E-state index in [0.717, 1.165) is 23.0 Å². The number of hydrogen-bond donors (Lipinski definition) is 1.